The number of hydrogen-bond acceptors (Lipinski definition) is 4. The van der Waals surface area contributed by atoms with Crippen molar-refractivity contribution in [2.24, 2.45) is 0 Å². The highest BCUT2D eigenvalue weighted by atomic mass is 32.1. The van der Waals surface area contributed by atoms with Crippen LogP contribution in [0.5, 0.6) is 0 Å². The van der Waals surface area contributed by atoms with Gasteiger partial charge < -0.3 is 14.1 Å². The molecule has 2 aliphatic heterocycles. The lowest BCUT2D eigenvalue weighted by Crippen LogP contribution is -2.62. The molecule has 68 heavy (non-hydrogen) atoms. The third kappa shape index (κ3) is 5.84. The van der Waals surface area contributed by atoms with Crippen LogP contribution in [0.25, 0.3) is 53.2 Å². The zero-order valence-electron chi connectivity index (χ0n) is 42.1. The molecule has 13 rings (SSSR count). The molecule has 0 atom stereocenters. The van der Waals surface area contributed by atoms with Crippen molar-refractivity contribution >= 4 is 99.7 Å². The summed E-state index contributed by atoms with van der Waals surface area (Å²) in [5.41, 5.74) is 22.0. The second kappa shape index (κ2) is 13.7. The van der Waals surface area contributed by atoms with Crippen LogP contribution in [-0.4, -0.2) is 6.85 Å². The minimum atomic E-state index is -0.136. The van der Waals surface area contributed by atoms with E-state index < -0.39 is 0 Å². The first-order valence-electron chi connectivity index (χ1n) is 25.2. The van der Waals surface area contributed by atoms with Crippen molar-refractivity contribution in [1.29, 1.82) is 0 Å². The molecule has 0 spiro atoms. The first-order valence-corrected chi connectivity index (χ1v) is 26.0. The number of fused-ring (bicyclic) bond motifs is 13. The molecule has 2 aliphatic carbocycles. The summed E-state index contributed by atoms with van der Waals surface area (Å²) in [7, 11) is 0. The van der Waals surface area contributed by atoms with E-state index in [4.69, 9.17) is 4.42 Å². The normalized spacial score (nSPS) is 18.4. The molecule has 9 aromatic rings. The summed E-state index contributed by atoms with van der Waals surface area (Å²) in [6.07, 6.45) is 4.64. The molecule has 0 saturated heterocycles. The highest BCUT2D eigenvalue weighted by molar-refractivity contribution is 7.25. The first-order chi connectivity index (χ1) is 32.2. The molecule has 0 fully saturated rings. The Bertz CT molecular complexity index is 3650. The second-order valence-corrected chi connectivity index (χ2v) is 25.8. The van der Waals surface area contributed by atoms with Gasteiger partial charge in [0, 0.05) is 59.3 Å². The van der Waals surface area contributed by atoms with E-state index in [1.807, 2.05) is 11.3 Å². The van der Waals surface area contributed by atoms with Crippen LogP contribution in [0.1, 0.15) is 135 Å². The molecule has 4 aliphatic rings. The Labute approximate surface area is 407 Å². The van der Waals surface area contributed by atoms with Crippen molar-refractivity contribution in [1.82, 2.24) is 0 Å². The molecule has 0 saturated carbocycles. The monoisotopic (exact) mass is 906 g/mol. The van der Waals surface area contributed by atoms with E-state index >= 15 is 0 Å². The molecular weight excluding hydrogens is 844 g/mol. The van der Waals surface area contributed by atoms with Crippen LogP contribution in [0.4, 0.5) is 28.4 Å². The Morgan fingerprint density at radius 3 is 1.78 bits per heavy atom. The largest absolute Gasteiger partial charge is 0.454 e. The molecule has 0 unspecified atom stereocenters. The summed E-state index contributed by atoms with van der Waals surface area (Å²) in [5, 5.41) is 4.97. The maximum atomic E-state index is 7.34. The van der Waals surface area contributed by atoms with Gasteiger partial charge in [-0.1, -0.05) is 137 Å². The number of aryl methyl sites for hydroxylation is 1. The molecule has 0 amide bonds. The van der Waals surface area contributed by atoms with Crippen LogP contribution in [0.15, 0.2) is 120 Å². The van der Waals surface area contributed by atoms with Crippen molar-refractivity contribution in [2.75, 3.05) is 9.71 Å². The Morgan fingerprint density at radius 2 is 1.12 bits per heavy atom. The van der Waals surface area contributed by atoms with E-state index in [1.54, 1.807) is 0 Å². The molecule has 0 bridgehead atoms. The zero-order valence-corrected chi connectivity index (χ0v) is 42.9. The third-order valence-electron chi connectivity index (χ3n) is 17.4. The number of anilines is 5. The maximum Gasteiger partial charge on any atom is 0.333 e. The van der Waals surface area contributed by atoms with Crippen LogP contribution in [0.3, 0.4) is 0 Å². The fraction of sp³-hybridized carbons (Fsp3) is 0.333. The average Bonchev–Trinajstić information content (AvgIpc) is 3.86. The Morgan fingerprint density at radius 1 is 0.544 bits per heavy atom. The average molecular weight is 907 g/mol. The van der Waals surface area contributed by atoms with E-state index in [1.165, 1.54) is 116 Å². The van der Waals surface area contributed by atoms with Gasteiger partial charge in [0.2, 0.25) is 0 Å². The standard InChI is InChI=1S/C63H63BN2OS/c1-36-29-45-47(62(9,10)27-25-60(45,5)6)33-50(36)65-52-34-48-46(61(7,8)26-28-63(48,11)12)32-49(52)64-56-43(31-44-39-17-13-15-19-53(39)67-58(44)57(56)65)41-30-42-40-18-14-16-20-54(40)68-55(42)35-51(41)66(64)38-23-21-37(22-24-38)59(2,3)4/h13-24,29-35H,25-28H2,1-12H3. The fourth-order valence-corrected chi connectivity index (χ4v) is 14.2. The van der Waals surface area contributed by atoms with Crippen molar-refractivity contribution in [2.45, 2.75) is 136 Å². The molecule has 340 valence electrons. The van der Waals surface area contributed by atoms with Crippen LogP contribution in [0.2, 0.25) is 0 Å². The van der Waals surface area contributed by atoms with Gasteiger partial charge in [-0.3, -0.25) is 0 Å². The van der Waals surface area contributed by atoms with Crippen LogP contribution < -0.4 is 20.6 Å². The molecule has 4 heterocycles. The predicted octanol–water partition coefficient (Wildman–Crippen LogP) is 17.0. The van der Waals surface area contributed by atoms with E-state index in [-0.39, 0.29) is 33.9 Å². The quantitative estimate of drug-likeness (QED) is 0.161. The van der Waals surface area contributed by atoms with Gasteiger partial charge in [0.05, 0.1) is 5.69 Å². The first kappa shape index (κ1) is 42.3. The number of nitrogens with zero attached hydrogens (tertiary/aromatic N) is 2. The summed E-state index contributed by atoms with van der Waals surface area (Å²) in [5.74, 6) is 0. The molecule has 5 heteroatoms. The topological polar surface area (TPSA) is 19.6 Å². The van der Waals surface area contributed by atoms with Crippen molar-refractivity contribution in [3.05, 3.63) is 149 Å². The van der Waals surface area contributed by atoms with Gasteiger partial charge in [-0.15, -0.1) is 11.3 Å². The lowest BCUT2D eigenvalue weighted by atomic mass is 9.42. The fourth-order valence-electron chi connectivity index (χ4n) is 13.1. The molecule has 3 nitrogen and oxygen atoms in total. The zero-order chi connectivity index (χ0) is 47.2. The van der Waals surface area contributed by atoms with E-state index in [0.717, 1.165) is 35.8 Å². The highest BCUT2D eigenvalue weighted by Gasteiger charge is 2.50. The Balaban J connectivity index is 1.23. The van der Waals surface area contributed by atoms with Gasteiger partial charge in [-0.05, 0) is 164 Å². The van der Waals surface area contributed by atoms with Crippen LogP contribution in [-0.2, 0) is 27.1 Å². The number of furan rings is 1. The number of rotatable bonds is 2. The lowest BCUT2D eigenvalue weighted by molar-refractivity contribution is 0.331. The van der Waals surface area contributed by atoms with Gasteiger partial charge in [-0.2, -0.15) is 0 Å². The van der Waals surface area contributed by atoms with Gasteiger partial charge >= 0.3 is 6.85 Å². The van der Waals surface area contributed by atoms with Gasteiger partial charge in [0.25, 0.3) is 0 Å². The predicted molar refractivity (Wildman–Crippen MR) is 294 cm³/mol. The Kier molecular flexibility index (Phi) is 8.54. The van der Waals surface area contributed by atoms with Gasteiger partial charge in [0.15, 0.2) is 5.58 Å². The minimum Gasteiger partial charge on any atom is -0.454 e. The number of para-hydroxylation sites is 1. The number of benzene rings is 7. The van der Waals surface area contributed by atoms with E-state index in [9.17, 15) is 0 Å². The second-order valence-electron chi connectivity index (χ2n) is 24.7. The smallest absolute Gasteiger partial charge is 0.333 e. The van der Waals surface area contributed by atoms with Crippen LogP contribution in [0, 0.1) is 6.92 Å². The summed E-state index contributed by atoms with van der Waals surface area (Å²) in [6.45, 7) is 29.0. The molecule has 7 aromatic carbocycles. The maximum absolute atomic E-state index is 7.34. The SMILES string of the molecule is Cc1cc2c(cc1N1c3cc4c(cc3B3c5c(cc6c(oc7ccccc76)c51)-c1cc5c(cc1N3c1ccc(C(C)(C)C)cc1)sc1ccccc15)C(C)(C)CCC4(C)C)C(C)(C)CCC2(C)C. The minimum absolute atomic E-state index is 0.00763. The van der Waals surface area contributed by atoms with Gasteiger partial charge in [-0.25, -0.2) is 0 Å². The molecule has 2 aromatic heterocycles. The molecule has 0 radical (unpaired) electrons. The van der Waals surface area contributed by atoms with Gasteiger partial charge in [0.1, 0.15) is 5.58 Å². The summed E-state index contributed by atoms with van der Waals surface area (Å²) in [4.78, 5) is 5.42. The lowest BCUT2D eigenvalue weighted by Gasteiger charge is -2.49. The summed E-state index contributed by atoms with van der Waals surface area (Å²) in [6, 6.07) is 45.3. The van der Waals surface area contributed by atoms with Crippen LogP contribution >= 0.6 is 11.3 Å². The van der Waals surface area contributed by atoms with Crippen molar-refractivity contribution in [3.63, 3.8) is 0 Å². The molecular formula is C63H63BN2OS. The van der Waals surface area contributed by atoms with Crippen molar-refractivity contribution in [3.8, 4) is 11.1 Å². The van der Waals surface area contributed by atoms with Crippen molar-refractivity contribution < 1.29 is 4.42 Å². The molecule has 0 N–H and O–H groups in total. The van der Waals surface area contributed by atoms with E-state index in [0.29, 0.717) is 0 Å². The summed E-state index contributed by atoms with van der Waals surface area (Å²) < 4.78 is 9.99. The third-order valence-corrected chi connectivity index (χ3v) is 18.6. The Hall–Kier alpha value is -5.78. The number of hydrogen-bond donors (Lipinski definition) is 0. The number of thiophene rings is 1. The highest BCUT2D eigenvalue weighted by Crippen LogP contribution is 2.56. The van der Waals surface area contributed by atoms with E-state index in [2.05, 4.69) is 208 Å². The summed E-state index contributed by atoms with van der Waals surface area (Å²) >= 11 is 1.91.